The van der Waals surface area contributed by atoms with Crippen molar-refractivity contribution >= 4 is 0 Å². The molecule has 4 heteroatoms. The van der Waals surface area contributed by atoms with Crippen molar-refractivity contribution in [3.05, 3.63) is 17.0 Å². The Hall–Kier alpha value is -0.870. The van der Waals surface area contributed by atoms with Crippen molar-refractivity contribution in [3.63, 3.8) is 0 Å². The van der Waals surface area contributed by atoms with E-state index < -0.39 is 0 Å². The van der Waals surface area contributed by atoms with Crippen LogP contribution in [0.15, 0.2) is 0 Å². The average Bonchev–Trinajstić information content (AvgIpc) is 2.64. The Morgan fingerprint density at radius 1 is 1.24 bits per heavy atom. The third-order valence-electron chi connectivity index (χ3n) is 5.36. The Balaban J connectivity index is 1.99. The predicted molar refractivity (Wildman–Crippen MR) is 87.8 cm³/mol. The van der Waals surface area contributed by atoms with E-state index in [2.05, 4.69) is 38.2 Å². The highest BCUT2D eigenvalue weighted by Crippen LogP contribution is 2.35. The smallest absolute Gasteiger partial charge is 0.0628 e. The second kappa shape index (κ2) is 6.93. The molecular weight excluding hydrogens is 260 g/mol. The standard InChI is InChI=1S/C17H32N4/c1-11-8-12(2)10-15(9-11)17(19-18)7-6-16-13(3)20-21(5)14(16)4/h11-12,15,17,19H,6-10,18H2,1-5H3. The lowest BCUT2D eigenvalue weighted by Crippen LogP contribution is -2.43. The summed E-state index contributed by atoms with van der Waals surface area (Å²) in [5.41, 5.74) is 6.95. The molecule has 1 aliphatic carbocycles. The molecule has 1 fully saturated rings. The lowest BCUT2D eigenvalue weighted by atomic mass is 9.73. The topological polar surface area (TPSA) is 55.9 Å². The van der Waals surface area contributed by atoms with Gasteiger partial charge in [-0.05, 0) is 69.3 Å². The summed E-state index contributed by atoms with van der Waals surface area (Å²) in [4.78, 5) is 0. The van der Waals surface area contributed by atoms with Crippen molar-refractivity contribution in [2.75, 3.05) is 0 Å². The molecule has 4 nitrogen and oxygen atoms in total. The van der Waals surface area contributed by atoms with E-state index in [0.717, 1.165) is 30.4 Å². The van der Waals surface area contributed by atoms with Crippen LogP contribution in [0, 0.1) is 31.6 Å². The van der Waals surface area contributed by atoms with E-state index in [1.165, 1.54) is 30.5 Å². The summed E-state index contributed by atoms with van der Waals surface area (Å²) in [7, 11) is 2.02. The molecule has 3 atom stereocenters. The first kappa shape index (κ1) is 16.5. The molecule has 0 aliphatic heterocycles. The van der Waals surface area contributed by atoms with E-state index >= 15 is 0 Å². The van der Waals surface area contributed by atoms with Gasteiger partial charge >= 0.3 is 0 Å². The molecule has 1 heterocycles. The molecule has 0 spiro atoms. The molecule has 3 unspecified atom stereocenters. The van der Waals surface area contributed by atoms with Gasteiger partial charge in [-0.3, -0.25) is 16.0 Å². The molecule has 1 aromatic rings. The van der Waals surface area contributed by atoms with Gasteiger partial charge in [0, 0.05) is 18.8 Å². The van der Waals surface area contributed by atoms with Crippen LogP contribution in [0.3, 0.4) is 0 Å². The molecule has 0 radical (unpaired) electrons. The average molecular weight is 292 g/mol. The minimum atomic E-state index is 0.425. The number of hydrazine groups is 1. The number of nitrogens with zero attached hydrogens (tertiary/aromatic N) is 2. The fourth-order valence-electron chi connectivity index (χ4n) is 4.27. The van der Waals surface area contributed by atoms with Crippen LogP contribution >= 0.6 is 0 Å². The maximum Gasteiger partial charge on any atom is 0.0628 e. The van der Waals surface area contributed by atoms with Crippen LogP contribution in [0.2, 0.25) is 0 Å². The lowest BCUT2D eigenvalue weighted by molar-refractivity contribution is 0.171. The number of hydrogen-bond acceptors (Lipinski definition) is 3. The molecule has 0 amide bonds. The lowest BCUT2D eigenvalue weighted by Gasteiger charge is -2.36. The minimum absolute atomic E-state index is 0.425. The zero-order chi connectivity index (χ0) is 15.6. The number of aromatic nitrogens is 2. The Morgan fingerprint density at radius 2 is 1.86 bits per heavy atom. The maximum absolute atomic E-state index is 5.87. The van der Waals surface area contributed by atoms with Crippen LogP contribution in [-0.2, 0) is 13.5 Å². The predicted octanol–water partition coefficient (Wildman–Crippen LogP) is 2.87. The zero-order valence-corrected chi connectivity index (χ0v) is 14.3. The molecule has 3 N–H and O–H groups in total. The van der Waals surface area contributed by atoms with Crippen molar-refractivity contribution < 1.29 is 0 Å². The van der Waals surface area contributed by atoms with Crippen LogP contribution < -0.4 is 11.3 Å². The Bertz CT molecular complexity index is 456. The number of aryl methyl sites for hydroxylation is 2. The van der Waals surface area contributed by atoms with Crippen molar-refractivity contribution in [1.29, 1.82) is 0 Å². The van der Waals surface area contributed by atoms with Gasteiger partial charge in [-0.25, -0.2) is 0 Å². The van der Waals surface area contributed by atoms with Gasteiger partial charge in [0.2, 0.25) is 0 Å². The monoisotopic (exact) mass is 292 g/mol. The molecule has 2 rings (SSSR count). The molecule has 0 saturated heterocycles. The van der Waals surface area contributed by atoms with Gasteiger partial charge in [0.05, 0.1) is 5.69 Å². The summed E-state index contributed by atoms with van der Waals surface area (Å²) in [5.74, 6) is 8.24. The summed E-state index contributed by atoms with van der Waals surface area (Å²) >= 11 is 0. The first-order chi connectivity index (χ1) is 9.92. The molecule has 0 bridgehead atoms. The summed E-state index contributed by atoms with van der Waals surface area (Å²) < 4.78 is 1.99. The first-order valence-electron chi connectivity index (χ1n) is 8.37. The first-order valence-corrected chi connectivity index (χ1v) is 8.37. The third kappa shape index (κ3) is 3.86. The van der Waals surface area contributed by atoms with Crippen LogP contribution in [-0.4, -0.2) is 15.8 Å². The largest absolute Gasteiger partial charge is 0.272 e. The quantitative estimate of drug-likeness (QED) is 0.648. The number of hydrogen-bond donors (Lipinski definition) is 2. The van der Waals surface area contributed by atoms with E-state index in [1.807, 2.05) is 11.7 Å². The molecule has 120 valence electrons. The van der Waals surface area contributed by atoms with Crippen LogP contribution in [0.25, 0.3) is 0 Å². The van der Waals surface area contributed by atoms with Gasteiger partial charge in [0.1, 0.15) is 0 Å². The minimum Gasteiger partial charge on any atom is -0.272 e. The summed E-state index contributed by atoms with van der Waals surface area (Å²) in [6.45, 7) is 9.03. The highest BCUT2D eigenvalue weighted by atomic mass is 15.3. The normalized spacial score (nSPS) is 27.8. The van der Waals surface area contributed by atoms with E-state index in [0.29, 0.717) is 12.0 Å². The van der Waals surface area contributed by atoms with E-state index in [1.54, 1.807) is 0 Å². The number of nitrogens with one attached hydrogen (secondary N) is 1. The van der Waals surface area contributed by atoms with Crippen molar-refractivity contribution in [2.45, 2.75) is 65.8 Å². The third-order valence-corrected chi connectivity index (χ3v) is 5.36. The summed E-state index contributed by atoms with van der Waals surface area (Å²) in [6, 6.07) is 0.425. The number of rotatable bonds is 5. The Labute approximate surface area is 129 Å². The van der Waals surface area contributed by atoms with Crippen molar-refractivity contribution in [2.24, 2.45) is 30.6 Å². The molecule has 1 aliphatic rings. The Morgan fingerprint density at radius 3 is 2.33 bits per heavy atom. The van der Waals surface area contributed by atoms with Crippen LogP contribution in [0.1, 0.15) is 56.5 Å². The summed E-state index contributed by atoms with van der Waals surface area (Å²) in [6.07, 6.45) is 6.16. The van der Waals surface area contributed by atoms with Gasteiger partial charge in [0.15, 0.2) is 0 Å². The van der Waals surface area contributed by atoms with Crippen molar-refractivity contribution in [3.8, 4) is 0 Å². The van der Waals surface area contributed by atoms with Crippen LogP contribution in [0.4, 0.5) is 0 Å². The Kier molecular flexibility index (Phi) is 5.44. The molecule has 1 aromatic heterocycles. The van der Waals surface area contributed by atoms with Gasteiger partial charge in [-0.15, -0.1) is 0 Å². The summed E-state index contributed by atoms with van der Waals surface area (Å²) in [5, 5.41) is 4.52. The highest BCUT2D eigenvalue weighted by Gasteiger charge is 2.29. The van der Waals surface area contributed by atoms with Gasteiger partial charge < -0.3 is 0 Å². The molecule has 0 aromatic carbocycles. The van der Waals surface area contributed by atoms with E-state index in [4.69, 9.17) is 5.84 Å². The van der Waals surface area contributed by atoms with Crippen molar-refractivity contribution in [1.82, 2.24) is 15.2 Å². The second-order valence-corrected chi connectivity index (χ2v) is 7.26. The fraction of sp³-hybridized carbons (Fsp3) is 0.824. The highest BCUT2D eigenvalue weighted by molar-refractivity contribution is 5.24. The molecular formula is C17H32N4. The van der Waals surface area contributed by atoms with Gasteiger partial charge in [-0.2, -0.15) is 5.10 Å². The van der Waals surface area contributed by atoms with Crippen LogP contribution in [0.5, 0.6) is 0 Å². The van der Waals surface area contributed by atoms with Gasteiger partial charge in [0.25, 0.3) is 0 Å². The van der Waals surface area contributed by atoms with E-state index in [-0.39, 0.29) is 0 Å². The molecule has 21 heavy (non-hydrogen) atoms. The fourth-order valence-corrected chi connectivity index (χ4v) is 4.27. The second-order valence-electron chi connectivity index (χ2n) is 7.26. The van der Waals surface area contributed by atoms with Gasteiger partial charge in [-0.1, -0.05) is 13.8 Å². The zero-order valence-electron chi connectivity index (χ0n) is 14.3. The molecule has 1 saturated carbocycles. The van der Waals surface area contributed by atoms with E-state index in [9.17, 15) is 0 Å². The SMILES string of the molecule is Cc1nn(C)c(C)c1CCC(NN)C1CC(C)CC(C)C1. The number of nitrogens with two attached hydrogens (primary N) is 1. The maximum atomic E-state index is 5.87.